The predicted octanol–water partition coefficient (Wildman–Crippen LogP) is 1.86. The molecule has 2 aromatic carbocycles. The topological polar surface area (TPSA) is 55.7 Å². The molecule has 0 saturated heterocycles. The highest BCUT2D eigenvalue weighted by Gasteiger charge is 2.19. The van der Waals surface area contributed by atoms with Crippen molar-refractivity contribution in [2.45, 2.75) is 6.04 Å². The van der Waals surface area contributed by atoms with Crippen LogP contribution >= 0.6 is 0 Å². The molecule has 0 saturated carbocycles. The van der Waals surface area contributed by atoms with Crippen molar-refractivity contribution in [3.8, 4) is 5.75 Å². The van der Waals surface area contributed by atoms with Gasteiger partial charge in [-0.05, 0) is 36.4 Å². The lowest BCUT2D eigenvalue weighted by atomic mass is 10.1. The van der Waals surface area contributed by atoms with E-state index in [0.29, 0.717) is 12.2 Å². The van der Waals surface area contributed by atoms with Crippen LogP contribution in [0.5, 0.6) is 5.75 Å². The van der Waals surface area contributed by atoms with E-state index in [-0.39, 0.29) is 11.9 Å². The molecule has 0 aliphatic heterocycles. The number of fused-ring (bicyclic) bond motifs is 1. The monoisotopic (exact) mass is 350 g/mol. The Labute approximate surface area is 153 Å². The minimum Gasteiger partial charge on any atom is -0.497 e. The van der Waals surface area contributed by atoms with Gasteiger partial charge in [0.15, 0.2) is 0 Å². The minimum atomic E-state index is -0.157. The van der Waals surface area contributed by atoms with Crippen LogP contribution in [0, 0.1) is 0 Å². The molecule has 26 heavy (non-hydrogen) atoms. The van der Waals surface area contributed by atoms with Crippen molar-refractivity contribution < 1.29 is 14.4 Å². The van der Waals surface area contributed by atoms with Gasteiger partial charge in [-0.15, -0.1) is 0 Å². The number of pyridine rings is 1. The molecule has 0 aliphatic carbocycles. The molecule has 1 heterocycles. The van der Waals surface area contributed by atoms with Gasteiger partial charge in [0.05, 0.1) is 33.3 Å². The third-order valence-electron chi connectivity index (χ3n) is 4.51. The molecule has 0 fully saturated rings. The van der Waals surface area contributed by atoms with Gasteiger partial charge in [-0.1, -0.05) is 24.3 Å². The Balaban J connectivity index is 1.72. The number of carbonyl (C=O) groups is 1. The fourth-order valence-electron chi connectivity index (χ4n) is 2.97. The second kappa shape index (κ2) is 7.97. The summed E-state index contributed by atoms with van der Waals surface area (Å²) in [6, 6.07) is 19.6. The standard InChI is InChI=1S/C21H23N3O2/c1-24(2)20(16-8-11-17(26-3)12-9-16)14-22-21(25)19-13-10-15-6-4-5-7-18(15)23-19/h4-13,20H,14H2,1-3H3,(H,22,25)/p+1/t20-/m0/s1. The number of hydrogen-bond donors (Lipinski definition) is 2. The van der Waals surface area contributed by atoms with E-state index < -0.39 is 0 Å². The fourth-order valence-corrected chi connectivity index (χ4v) is 2.97. The third-order valence-corrected chi connectivity index (χ3v) is 4.51. The maximum absolute atomic E-state index is 12.5. The van der Waals surface area contributed by atoms with Crippen LogP contribution in [0.15, 0.2) is 60.7 Å². The Kier molecular flexibility index (Phi) is 5.49. The van der Waals surface area contributed by atoms with Crippen LogP contribution in [0.1, 0.15) is 22.1 Å². The number of aromatic nitrogens is 1. The van der Waals surface area contributed by atoms with E-state index in [1.54, 1.807) is 13.2 Å². The SMILES string of the molecule is COc1ccc([C@H](CNC(=O)c2ccc3ccccc3n2)[NH+](C)C)cc1. The second-order valence-corrected chi connectivity index (χ2v) is 6.50. The van der Waals surface area contributed by atoms with Crippen molar-refractivity contribution in [2.24, 2.45) is 0 Å². The van der Waals surface area contributed by atoms with Crippen LogP contribution in [0.25, 0.3) is 10.9 Å². The zero-order valence-corrected chi connectivity index (χ0v) is 15.3. The number of amides is 1. The molecule has 0 radical (unpaired) electrons. The first-order chi connectivity index (χ1) is 12.6. The Morgan fingerprint density at radius 1 is 1.08 bits per heavy atom. The predicted molar refractivity (Wildman–Crippen MR) is 103 cm³/mol. The van der Waals surface area contributed by atoms with Crippen LogP contribution in [0.4, 0.5) is 0 Å². The van der Waals surface area contributed by atoms with Gasteiger partial charge in [-0.25, -0.2) is 4.98 Å². The molecule has 3 rings (SSSR count). The normalized spacial score (nSPS) is 12.2. The first-order valence-electron chi connectivity index (χ1n) is 8.66. The number of hydrogen-bond acceptors (Lipinski definition) is 3. The molecule has 0 spiro atoms. The highest BCUT2D eigenvalue weighted by atomic mass is 16.5. The van der Waals surface area contributed by atoms with Crippen molar-refractivity contribution in [1.29, 1.82) is 0 Å². The number of methoxy groups -OCH3 is 1. The molecule has 2 N–H and O–H groups in total. The highest BCUT2D eigenvalue weighted by Crippen LogP contribution is 2.16. The molecule has 5 heteroatoms. The Morgan fingerprint density at radius 3 is 2.50 bits per heavy atom. The molecular weight excluding hydrogens is 326 g/mol. The summed E-state index contributed by atoms with van der Waals surface area (Å²) in [6.45, 7) is 0.530. The van der Waals surface area contributed by atoms with Crippen LogP contribution in [-0.2, 0) is 0 Å². The largest absolute Gasteiger partial charge is 0.497 e. The summed E-state index contributed by atoms with van der Waals surface area (Å²) in [5.41, 5.74) is 2.41. The first-order valence-corrected chi connectivity index (χ1v) is 8.66. The van der Waals surface area contributed by atoms with Gasteiger partial charge in [0.1, 0.15) is 17.5 Å². The number of para-hydroxylation sites is 1. The van der Waals surface area contributed by atoms with E-state index >= 15 is 0 Å². The molecular formula is C21H24N3O2+. The van der Waals surface area contributed by atoms with Crippen molar-refractivity contribution >= 4 is 16.8 Å². The number of nitrogens with zero attached hydrogens (tertiary/aromatic N) is 1. The van der Waals surface area contributed by atoms with Crippen LogP contribution < -0.4 is 15.0 Å². The molecule has 5 nitrogen and oxygen atoms in total. The van der Waals surface area contributed by atoms with E-state index in [1.165, 1.54) is 4.90 Å². The van der Waals surface area contributed by atoms with Crippen LogP contribution in [-0.4, -0.2) is 38.6 Å². The first kappa shape index (κ1) is 17.9. The summed E-state index contributed by atoms with van der Waals surface area (Å²) >= 11 is 0. The molecule has 1 amide bonds. The Bertz CT molecular complexity index is 891. The molecule has 3 aromatic rings. The number of quaternary nitrogens is 1. The number of nitrogens with one attached hydrogen (secondary N) is 2. The van der Waals surface area contributed by atoms with Gasteiger partial charge >= 0.3 is 0 Å². The van der Waals surface area contributed by atoms with Crippen molar-refractivity contribution in [3.05, 3.63) is 71.9 Å². The fraction of sp³-hybridized carbons (Fsp3) is 0.238. The quantitative estimate of drug-likeness (QED) is 0.713. The highest BCUT2D eigenvalue weighted by molar-refractivity contribution is 5.94. The van der Waals surface area contributed by atoms with Gasteiger partial charge in [-0.2, -0.15) is 0 Å². The van der Waals surface area contributed by atoms with E-state index in [2.05, 4.69) is 24.4 Å². The summed E-state index contributed by atoms with van der Waals surface area (Å²) in [6.07, 6.45) is 0. The maximum Gasteiger partial charge on any atom is 0.270 e. The van der Waals surface area contributed by atoms with Gasteiger partial charge < -0.3 is 15.0 Å². The zero-order chi connectivity index (χ0) is 18.5. The lowest BCUT2D eigenvalue weighted by Gasteiger charge is -2.22. The number of likely N-dealkylation sites (N-methyl/N-ethyl adjacent to an activating group) is 1. The van der Waals surface area contributed by atoms with Gasteiger partial charge in [0, 0.05) is 10.9 Å². The van der Waals surface area contributed by atoms with E-state index in [0.717, 1.165) is 22.2 Å². The lowest BCUT2D eigenvalue weighted by Crippen LogP contribution is -3.07. The summed E-state index contributed by atoms with van der Waals surface area (Å²) in [4.78, 5) is 18.2. The molecule has 1 atom stereocenters. The number of rotatable bonds is 6. The van der Waals surface area contributed by atoms with Gasteiger partial charge in [-0.3, -0.25) is 4.79 Å². The van der Waals surface area contributed by atoms with E-state index in [9.17, 15) is 4.79 Å². The zero-order valence-electron chi connectivity index (χ0n) is 15.3. The minimum absolute atomic E-state index is 0.144. The molecule has 0 unspecified atom stereocenters. The van der Waals surface area contributed by atoms with Crippen LogP contribution in [0.3, 0.4) is 0 Å². The number of carbonyl (C=O) groups excluding carboxylic acids is 1. The van der Waals surface area contributed by atoms with E-state index in [1.807, 2.05) is 54.6 Å². The van der Waals surface area contributed by atoms with Crippen LogP contribution in [0.2, 0.25) is 0 Å². The lowest BCUT2D eigenvalue weighted by molar-refractivity contribution is -0.890. The smallest absolute Gasteiger partial charge is 0.270 e. The number of benzene rings is 2. The van der Waals surface area contributed by atoms with Crippen molar-refractivity contribution in [2.75, 3.05) is 27.7 Å². The molecule has 0 bridgehead atoms. The van der Waals surface area contributed by atoms with Crippen molar-refractivity contribution in [1.82, 2.24) is 10.3 Å². The maximum atomic E-state index is 12.5. The molecule has 0 aliphatic rings. The van der Waals surface area contributed by atoms with Gasteiger partial charge in [0.25, 0.3) is 5.91 Å². The molecule has 1 aromatic heterocycles. The van der Waals surface area contributed by atoms with E-state index in [4.69, 9.17) is 4.74 Å². The average molecular weight is 350 g/mol. The van der Waals surface area contributed by atoms with Crippen molar-refractivity contribution in [3.63, 3.8) is 0 Å². The summed E-state index contributed by atoms with van der Waals surface area (Å²) in [7, 11) is 5.81. The third kappa shape index (κ3) is 4.00. The Morgan fingerprint density at radius 2 is 1.81 bits per heavy atom. The number of ether oxygens (including phenoxy) is 1. The summed E-state index contributed by atoms with van der Waals surface area (Å²) in [5, 5.41) is 4.04. The molecule has 134 valence electrons. The summed E-state index contributed by atoms with van der Waals surface area (Å²) < 4.78 is 5.22. The Hall–Kier alpha value is -2.92. The summed E-state index contributed by atoms with van der Waals surface area (Å²) in [5.74, 6) is 0.668. The average Bonchev–Trinajstić information content (AvgIpc) is 2.67. The van der Waals surface area contributed by atoms with Gasteiger partial charge in [0.2, 0.25) is 0 Å². The second-order valence-electron chi connectivity index (χ2n) is 6.50.